The van der Waals surface area contributed by atoms with E-state index in [-0.39, 0.29) is 5.54 Å². The molecule has 3 nitrogen and oxygen atoms in total. The van der Waals surface area contributed by atoms with E-state index >= 15 is 0 Å². The molecule has 0 amide bonds. The number of nitrogens with one attached hydrogen (secondary N) is 1. The Kier molecular flexibility index (Phi) is 2.17. The van der Waals surface area contributed by atoms with Crippen molar-refractivity contribution in [1.29, 1.82) is 0 Å². The van der Waals surface area contributed by atoms with Gasteiger partial charge >= 0.3 is 0 Å². The van der Waals surface area contributed by atoms with Crippen molar-refractivity contribution in [2.75, 3.05) is 5.32 Å². The molecule has 0 bridgehead atoms. The van der Waals surface area contributed by atoms with Gasteiger partial charge in [0.25, 0.3) is 0 Å². The van der Waals surface area contributed by atoms with Crippen molar-refractivity contribution in [3.63, 3.8) is 0 Å². The molecular formula is C11H17N3. The molecule has 0 atom stereocenters. The lowest BCUT2D eigenvalue weighted by Gasteiger charge is -2.25. The lowest BCUT2D eigenvalue weighted by Crippen LogP contribution is -2.34. The van der Waals surface area contributed by atoms with Gasteiger partial charge in [-0.15, -0.1) is 0 Å². The van der Waals surface area contributed by atoms with Gasteiger partial charge in [0, 0.05) is 17.9 Å². The number of rotatable bonds is 3. The third-order valence-corrected chi connectivity index (χ3v) is 2.81. The Labute approximate surface area is 85.0 Å². The van der Waals surface area contributed by atoms with E-state index in [1.807, 2.05) is 19.3 Å². The number of hydrogen-bond donors (Lipinski definition) is 1. The molecule has 3 heteroatoms. The predicted molar refractivity (Wildman–Crippen MR) is 57.2 cm³/mol. The van der Waals surface area contributed by atoms with Crippen molar-refractivity contribution in [3.05, 3.63) is 18.0 Å². The average molecular weight is 191 g/mol. The van der Waals surface area contributed by atoms with Gasteiger partial charge in [-0.1, -0.05) is 0 Å². The van der Waals surface area contributed by atoms with Crippen molar-refractivity contribution in [2.45, 2.75) is 39.2 Å². The molecule has 1 aromatic heterocycles. The molecule has 76 valence electrons. The Hall–Kier alpha value is -1.12. The van der Waals surface area contributed by atoms with E-state index in [1.165, 1.54) is 12.8 Å². The zero-order chi connectivity index (χ0) is 10.2. The first-order valence-electron chi connectivity index (χ1n) is 5.15. The number of aryl methyl sites for hydroxylation is 1. The maximum atomic E-state index is 4.25. The van der Waals surface area contributed by atoms with Gasteiger partial charge in [0.2, 0.25) is 5.95 Å². The van der Waals surface area contributed by atoms with Crippen LogP contribution in [0.1, 0.15) is 32.3 Å². The highest BCUT2D eigenvalue weighted by molar-refractivity contribution is 5.29. The van der Waals surface area contributed by atoms with E-state index in [0.29, 0.717) is 0 Å². The minimum absolute atomic E-state index is 0.134. The standard InChI is InChI=1S/C11H17N3/c1-8-6-12-10(13-7-8)14-11(2,3)9-4-5-9/h6-7,9H,4-5H2,1-3H3,(H,12,13,14). The van der Waals surface area contributed by atoms with Crippen molar-refractivity contribution in [2.24, 2.45) is 5.92 Å². The van der Waals surface area contributed by atoms with Crippen molar-refractivity contribution >= 4 is 5.95 Å². The van der Waals surface area contributed by atoms with E-state index in [2.05, 4.69) is 29.1 Å². The van der Waals surface area contributed by atoms with E-state index in [4.69, 9.17) is 0 Å². The van der Waals surface area contributed by atoms with Crippen LogP contribution in [0.25, 0.3) is 0 Å². The molecule has 0 unspecified atom stereocenters. The predicted octanol–water partition coefficient (Wildman–Crippen LogP) is 2.39. The smallest absolute Gasteiger partial charge is 0.223 e. The summed E-state index contributed by atoms with van der Waals surface area (Å²) in [5, 5.41) is 3.39. The van der Waals surface area contributed by atoms with Crippen LogP contribution in [0, 0.1) is 12.8 Å². The summed E-state index contributed by atoms with van der Waals surface area (Å²) < 4.78 is 0. The highest BCUT2D eigenvalue weighted by atomic mass is 15.1. The zero-order valence-electron chi connectivity index (χ0n) is 9.04. The summed E-state index contributed by atoms with van der Waals surface area (Å²) in [6, 6.07) is 0. The van der Waals surface area contributed by atoms with Gasteiger partial charge in [-0.2, -0.15) is 0 Å². The number of aromatic nitrogens is 2. The lowest BCUT2D eigenvalue weighted by atomic mass is 9.99. The second-order valence-electron chi connectivity index (χ2n) is 4.70. The Bertz CT molecular complexity index is 312. The fraction of sp³-hybridized carbons (Fsp3) is 0.636. The molecule has 14 heavy (non-hydrogen) atoms. The number of nitrogens with zero attached hydrogens (tertiary/aromatic N) is 2. The largest absolute Gasteiger partial charge is 0.349 e. The Morgan fingerprint density at radius 1 is 1.29 bits per heavy atom. The summed E-state index contributed by atoms with van der Waals surface area (Å²) >= 11 is 0. The van der Waals surface area contributed by atoms with Crippen molar-refractivity contribution in [1.82, 2.24) is 9.97 Å². The summed E-state index contributed by atoms with van der Waals surface area (Å²) in [4.78, 5) is 8.50. The van der Waals surface area contributed by atoms with Gasteiger partial charge in [0.05, 0.1) is 0 Å². The summed E-state index contributed by atoms with van der Waals surface area (Å²) in [5.74, 6) is 1.53. The summed E-state index contributed by atoms with van der Waals surface area (Å²) in [5.41, 5.74) is 1.23. The van der Waals surface area contributed by atoms with Crippen molar-refractivity contribution < 1.29 is 0 Å². The van der Waals surface area contributed by atoms with Gasteiger partial charge in [-0.25, -0.2) is 9.97 Å². The SMILES string of the molecule is Cc1cnc(NC(C)(C)C2CC2)nc1. The van der Waals surface area contributed by atoms with Gasteiger partial charge < -0.3 is 5.32 Å². The molecular weight excluding hydrogens is 174 g/mol. The minimum Gasteiger partial charge on any atom is -0.349 e. The molecule has 1 heterocycles. The van der Waals surface area contributed by atoms with Gasteiger partial charge in [-0.3, -0.25) is 0 Å². The number of anilines is 1. The molecule has 1 fully saturated rings. The van der Waals surface area contributed by atoms with E-state index < -0.39 is 0 Å². The monoisotopic (exact) mass is 191 g/mol. The lowest BCUT2D eigenvalue weighted by molar-refractivity contribution is 0.490. The highest BCUT2D eigenvalue weighted by Crippen LogP contribution is 2.40. The minimum atomic E-state index is 0.134. The summed E-state index contributed by atoms with van der Waals surface area (Å²) in [7, 11) is 0. The highest BCUT2D eigenvalue weighted by Gasteiger charge is 2.38. The first kappa shape index (κ1) is 9.44. The van der Waals surface area contributed by atoms with Gasteiger partial charge in [0.1, 0.15) is 0 Å². The first-order valence-corrected chi connectivity index (χ1v) is 5.15. The third-order valence-electron chi connectivity index (χ3n) is 2.81. The normalized spacial score (nSPS) is 16.8. The second kappa shape index (κ2) is 3.23. The number of hydrogen-bond acceptors (Lipinski definition) is 3. The van der Waals surface area contributed by atoms with Crippen LogP contribution in [-0.4, -0.2) is 15.5 Å². The molecule has 1 aliphatic rings. The zero-order valence-corrected chi connectivity index (χ0v) is 9.04. The quantitative estimate of drug-likeness (QED) is 0.797. The maximum absolute atomic E-state index is 4.25. The summed E-state index contributed by atoms with van der Waals surface area (Å²) in [6.45, 7) is 6.43. The molecule has 0 radical (unpaired) electrons. The molecule has 0 saturated heterocycles. The first-order chi connectivity index (χ1) is 6.58. The Morgan fingerprint density at radius 2 is 1.86 bits per heavy atom. The molecule has 2 rings (SSSR count). The molecule has 1 aliphatic carbocycles. The second-order valence-corrected chi connectivity index (χ2v) is 4.70. The Balaban J connectivity index is 2.06. The maximum Gasteiger partial charge on any atom is 0.223 e. The third kappa shape index (κ3) is 2.03. The average Bonchev–Trinajstić information content (AvgIpc) is 2.91. The van der Waals surface area contributed by atoms with Crippen LogP contribution < -0.4 is 5.32 Å². The van der Waals surface area contributed by atoms with Crippen LogP contribution >= 0.6 is 0 Å². The topological polar surface area (TPSA) is 37.8 Å². The molecule has 1 aromatic rings. The fourth-order valence-electron chi connectivity index (χ4n) is 1.65. The molecule has 0 spiro atoms. The molecule has 0 aromatic carbocycles. The summed E-state index contributed by atoms with van der Waals surface area (Å²) in [6.07, 6.45) is 6.34. The fourth-order valence-corrected chi connectivity index (χ4v) is 1.65. The van der Waals surface area contributed by atoms with Crippen LogP contribution in [0.2, 0.25) is 0 Å². The van der Waals surface area contributed by atoms with Gasteiger partial charge in [-0.05, 0) is 45.1 Å². The molecule has 0 aliphatic heterocycles. The molecule has 1 N–H and O–H groups in total. The molecule has 1 saturated carbocycles. The van der Waals surface area contributed by atoms with E-state index in [0.717, 1.165) is 17.4 Å². The van der Waals surface area contributed by atoms with E-state index in [1.54, 1.807) is 0 Å². The van der Waals surface area contributed by atoms with Crippen LogP contribution in [0.15, 0.2) is 12.4 Å². The van der Waals surface area contributed by atoms with Crippen molar-refractivity contribution in [3.8, 4) is 0 Å². The van der Waals surface area contributed by atoms with E-state index in [9.17, 15) is 0 Å². The van der Waals surface area contributed by atoms with Crippen LogP contribution in [0.4, 0.5) is 5.95 Å². The van der Waals surface area contributed by atoms with Crippen LogP contribution in [-0.2, 0) is 0 Å². The Morgan fingerprint density at radius 3 is 2.36 bits per heavy atom. The van der Waals surface area contributed by atoms with Crippen LogP contribution in [0.3, 0.4) is 0 Å². The van der Waals surface area contributed by atoms with Gasteiger partial charge in [0.15, 0.2) is 0 Å². The van der Waals surface area contributed by atoms with Crippen LogP contribution in [0.5, 0.6) is 0 Å².